The first-order valence-electron chi connectivity index (χ1n) is 13.6. The maximum absolute atomic E-state index is 16.2. The normalized spacial score (nSPS) is 18.8. The number of aromatic nitrogens is 1. The van der Waals surface area contributed by atoms with Crippen LogP contribution in [0.25, 0.3) is 0 Å². The molecule has 1 amide bonds. The first-order chi connectivity index (χ1) is 20.3. The molecule has 0 fully saturated rings. The summed E-state index contributed by atoms with van der Waals surface area (Å²) in [5.41, 5.74) is 0.734. The highest BCUT2D eigenvalue weighted by Gasteiger charge is 2.48. The number of fused-ring (bicyclic) bond motifs is 1. The Morgan fingerprint density at radius 2 is 2.05 bits per heavy atom. The summed E-state index contributed by atoms with van der Waals surface area (Å²) in [6, 6.07) is 9.21. The molecule has 0 bridgehead atoms. The number of hydrogen-bond donors (Lipinski definition) is 2. The molecule has 2 aromatic carbocycles. The zero-order chi connectivity index (χ0) is 30.7. The number of nitrogens with zero attached hydrogens (tertiary/aromatic N) is 2. The van der Waals surface area contributed by atoms with Crippen LogP contribution >= 0.6 is 11.3 Å². The molecule has 0 aliphatic carbocycles. The number of oxazole rings is 1. The fourth-order valence-corrected chi connectivity index (χ4v) is 8.82. The smallest absolute Gasteiger partial charge is 0.281 e. The fourth-order valence-electron chi connectivity index (χ4n) is 5.81. The third-order valence-electron chi connectivity index (χ3n) is 7.51. The van der Waals surface area contributed by atoms with Crippen molar-refractivity contribution in [2.45, 2.75) is 46.8 Å². The Morgan fingerprint density at radius 3 is 2.72 bits per heavy atom. The second kappa shape index (κ2) is 10.5. The molecule has 0 spiro atoms. The lowest BCUT2D eigenvalue weighted by atomic mass is 9.88. The van der Waals surface area contributed by atoms with Gasteiger partial charge in [-0.3, -0.25) is 9.69 Å². The fraction of sp³-hybridized carbons (Fsp3) is 0.290. The van der Waals surface area contributed by atoms with Gasteiger partial charge in [-0.1, -0.05) is 19.9 Å². The van der Waals surface area contributed by atoms with Crippen molar-refractivity contribution in [2.24, 2.45) is 5.41 Å². The average Bonchev–Trinajstić information content (AvgIpc) is 3.52. The van der Waals surface area contributed by atoms with E-state index in [1.54, 1.807) is 26.0 Å². The number of phenolic OH excluding ortho intramolecular Hbond substituents is 1. The van der Waals surface area contributed by atoms with E-state index >= 15 is 4.39 Å². The minimum absolute atomic E-state index is 0.0505. The number of sulfone groups is 1. The quantitative estimate of drug-likeness (QED) is 0.237. The van der Waals surface area contributed by atoms with Crippen molar-refractivity contribution >= 4 is 38.5 Å². The van der Waals surface area contributed by atoms with E-state index in [0.29, 0.717) is 0 Å². The number of benzene rings is 2. The number of hydrogen-bond acceptors (Lipinski definition) is 9. The van der Waals surface area contributed by atoms with Gasteiger partial charge >= 0.3 is 0 Å². The third-order valence-corrected chi connectivity index (χ3v) is 10.5. The minimum Gasteiger partial charge on any atom is -0.506 e. The van der Waals surface area contributed by atoms with Crippen LogP contribution in [0.3, 0.4) is 0 Å². The van der Waals surface area contributed by atoms with Crippen LogP contribution in [0.15, 0.2) is 68.2 Å². The van der Waals surface area contributed by atoms with Gasteiger partial charge in [0.05, 0.1) is 16.3 Å². The van der Waals surface area contributed by atoms with Gasteiger partial charge in [-0.25, -0.2) is 17.8 Å². The number of anilines is 2. The van der Waals surface area contributed by atoms with Gasteiger partial charge in [0, 0.05) is 24.3 Å². The summed E-state index contributed by atoms with van der Waals surface area (Å²) in [4.78, 5) is 19.7. The van der Waals surface area contributed by atoms with Crippen LogP contribution in [-0.2, 0) is 16.4 Å². The molecular formula is C31H30FN3O6S2. The van der Waals surface area contributed by atoms with Crippen LogP contribution in [0.2, 0.25) is 0 Å². The number of allylic oxidation sites excluding steroid dienone is 1. The maximum Gasteiger partial charge on any atom is 0.281 e. The molecule has 6 rings (SSSR count). The molecule has 2 aliphatic rings. The van der Waals surface area contributed by atoms with E-state index in [0.717, 1.165) is 5.56 Å². The number of ether oxygens (including phenoxy) is 1. The molecule has 224 valence electrons. The average molecular weight is 624 g/mol. The molecule has 2 aliphatic heterocycles. The SMILES string of the molecule is Cc1nc(C(=O)N2c3cccc(O)c3NC3=C([C@H]2c2ccc(OCc4ccsc4)cc2F)S(=O)(=O)CC(C)(C)C3)c(C)o1. The maximum atomic E-state index is 16.2. The highest BCUT2D eigenvalue weighted by atomic mass is 32.2. The number of amides is 1. The van der Waals surface area contributed by atoms with Crippen molar-refractivity contribution in [1.82, 2.24) is 4.98 Å². The van der Waals surface area contributed by atoms with E-state index in [2.05, 4.69) is 10.3 Å². The van der Waals surface area contributed by atoms with Crippen molar-refractivity contribution in [2.75, 3.05) is 16.0 Å². The zero-order valence-corrected chi connectivity index (χ0v) is 25.6. The number of halogens is 1. The van der Waals surface area contributed by atoms with Crippen LogP contribution in [0.4, 0.5) is 15.8 Å². The topological polar surface area (TPSA) is 122 Å². The Bertz CT molecular complexity index is 1880. The molecule has 0 saturated heterocycles. The second-order valence-corrected chi connectivity index (χ2v) is 14.3. The van der Waals surface area contributed by atoms with Crippen LogP contribution in [0.5, 0.6) is 11.5 Å². The van der Waals surface area contributed by atoms with Crippen LogP contribution in [0.1, 0.15) is 59.6 Å². The molecule has 2 N–H and O–H groups in total. The number of rotatable bonds is 5. The van der Waals surface area contributed by atoms with Gasteiger partial charge in [0.2, 0.25) is 0 Å². The summed E-state index contributed by atoms with van der Waals surface area (Å²) in [5, 5.41) is 17.9. The first-order valence-corrected chi connectivity index (χ1v) is 16.2. The van der Waals surface area contributed by atoms with E-state index in [1.165, 1.54) is 40.5 Å². The van der Waals surface area contributed by atoms with Crippen molar-refractivity contribution in [3.05, 3.63) is 98.1 Å². The monoisotopic (exact) mass is 623 g/mol. The molecule has 0 radical (unpaired) electrons. The lowest BCUT2D eigenvalue weighted by molar-refractivity contribution is 0.0974. The molecule has 9 nitrogen and oxygen atoms in total. The Kier molecular flexibility index (Phi) is 7.09. The minimum atomic E-state index is -4.06. The molecule has 12 heteroatoms. The number of nitrogens with one attached hydrogen (secondary N) is 1. The summed E-state index contributed by atoms with van der Waals surface area (Å²) < 4.78 is 55.8. The summed E-state index contributed by atoms with van der Waals surface area (Å²) in [5.74, 6) is -1.17. The Morgan fingerprint density at radius 1 is 1.26 bits per heavy atom. The molecule has 1 atom stereocenters. The van der Waals surface area contributed by atoms with Crippen molar-refractivity contribution in [3.8, 4) is 11.5 Å². The number of carbonyl (C=O) groups is 1. The van der Waals surface area contributed by atoms with Gasteiger partial charge in [-0.15, -0.1) is 0 Å². The van der Waals surface area contributed by atoms with E-state index < -0.39 is 33.0 Å². The number of para-hydroxylation sites is 1. The number of aromatic hydroxyl groups is 1. The molecule has 0 unspecified atom stereocenters. The predicted molar refractivity (Wildman–Crippen MR) is 162 cm³/mol. The van der Waals surface area contributed by atoms with Crippen molar-refractivity contribution < 1.29 is 31.9 Å². The third kappa shape index (κ3) is 5.29. The number of phenols is 1. The molecule has 2 aromatic heterocycles. The van der Waals surface area contributed by atoms with Gasteiger partial charge in [0.15, 0.2) is 21.4 Å². The standard InChI is InChI=1S/C31H30FN3O6S2/c1-17-26(33-18(2)41-17)30(37)35-24-6-5-7-25(36)27(24)34-23-13-31(3,4)16-43(38,39)29(23)28(35)21-9-8-20(12-22(21)32)40-14-19-10-11-42-15-19/h5-12,15,28,34,36H,13-14,16H2,1-4H3/t28-/m1/s1. The Labute approximate surface area is 252 Å². The Hall–Kier alpha value is -4.16. The summed E-state index contributed by atoms with van der Waals surface area (Å²) >= 11 is 1.52. The van der Waals surface area contributed by atoms with Crippen LogP contribution < -0.4 is 15.0 Å². The van der Waals surface area contributed by atoms with E-state index in [1.807, 2.05) is 30.7 Å². The highest BCUT2D eigenvalue weighted by molar-refractivity contribution is 7.95. The van der Waals surface area contributed by atoms with Crippen molar-refractivity contribution in [3.63, 3.8) is 0 Å². The molecule has 4 heterocycles. The summed E-state index contributed by atoms with van der Waals surface area (Å²) in [6.45, 7) is 7.05. The summed E-state index contributed by atoms with van der Waals surface area (Å²) in [6.07, 6.45) is 0.277. The number of thiophene rings is 1. The van der Waals surface area contributed by atoms with Gasteiger partial charge in [-0.2, -0.15) is 11.3 Å². The molecule has 43 heavy (non-hydrogen) atoms. The van der Waals surface area contributed by atoms with E-state index in [-0.39, 0.29) is 75.2 Å². The molecular weight excluding hydrogens is 593 g/mol. The van der Waals surface area contributed by atoms with Gasteiger partial charge in [0.25, 0.3) is 5.91 Å². The predicted octanol–water partition coefficient (Wildman–Crippen LogP) is 6.65. The first kappa shape index (κ1) is 28.9. The Balaban J connectivity index is 1.59. The van der Waals surface area contributed by atoms with Crippen molar-refractivity contribution in [1.29, 1.82) is 0 Å². The van der Waals surface area contributed by atoms with Crippen LogP contribution in [-0.4, -0.2) is 30.2 Å². The lowest BCUT2D eigenvalue weighted by Gasteiger charge is -2.37. The van der Waals surface area contributed by atoms with Crippen LogP contribution in [0, 0.1) is 25.1 Å². The zero-order valence-electron chi connectivity index (χ0n) is 24.0. The van der Waals surface area contributed by atoms with Gasteiger partial charge < -0.3 is 19.6 Å². The summed E-state index contributed by atoms with van der Waals surface area (Å²) in [7, 11) is -4.06. The number of aryl methyl sites for hydroxylation is 2. The second-order valence-electron chi connectivity index (χ2n) is 11.6. The van der Waals surface area contributed by atoms with E-state index in [9.17, 15) is 18.3 Å². The van der Waals surface area contributed by atoms with Gasteiger partial charge in [-0.05, 0) is 65.4 Å². The van der Waals surface area contributed by atoms with Gasteiger partial charge in [0.1, 0.15) is 41.4 Å². The molecule has 4 aromatic rings. The molecule has 0 saturated carbocycles. The number of carbonyl (C=O) groups excluding carboxylic acids is 1. The largest absolute Gasteiger partial charge is 0.506 e. The van der Waals surface area contributed by atoms with E-state index in [4.69, 9.17) is 9.15 Å². The lowest BCUT2D eigenvalue weighted by Crippen LogP contribution is -2.41. The highest BCUT2D eigenvalue weighted by Crippen LogP contribution is 2.52.